The van der Waals surface area contributed by atoms with Crippen molar-refractivity contribution in [3.63, 3.8) is 0 Å². The van der Waals surface area contributed by atoms with Crippen molar-refractivity contribution >= 4 is 0 Å². The molecule has 0 aromatic carbocycles. The van der Waals surface area contributed by atoms with Gasteiger partial charge in [0.1, 0.15) is 6.04 Å². The summed E-state index contributed by atoms with van der Waals surface area (Å²) in [7, 11) is 0. The first-order chi connectivity index (χ1) is 7.82. The summed E-state index contributed by atoms with van der Waals surface area (Å²) >= 11 is 0. The first-order valence-electron chi connectivity index (χ1n) is 5.09. The molecule has 1 heterocycles. The summed E-state index contributed by atoms with van der Waals surface area (Å²) in [5, 5.41) is 15.1. The first-order valence-corrected chi connectivity index (χ1v) is 5.09. The summed E-state index contributed by atoms with van der Waals surface area (Å²) in [5.41, 5.74) is -0.946. The smallest absolute Gasteiger partial charge is 0.298 e. The Morgan fingerprint density at radius 2 is 2.18 bits per heavy atom. The number of aromatic nitrogens is 2. The quantitative estimate of drug-likeness (QED) is 0.881. The molecule has 0 aliphatic carbocycles. The molecular weight excluding hydrogens is 233 g/mol. The zero-order valence-electron chi connectivity index (χ0n) is 9.49. The molecule has 0 aliphatic heterocycles. The number of nitrogens with one attached hydrogen (secondary N) is 1. The molecule has 0 amide bonds. The molecule has 0 aliphatic rings. The standard InChI is InChI=1S/C10H13F3N4/c1-7(2)15-8(5-14)6-17-4-3-9(16-17)10(11,12)13/h3-4,7-8,15H,6H2,1-2H3. The molecule has 0 saturated carbocycles. The van der Waals surface area contributed by atoms with Crippen molar-refractivity contribution in [3.8, 4) is 6.07 Å². The van der Waals surface area contributed by atoms with Crippen molar-refractivity contribution in [2.45, 2.75) is 38.7 Å². The summed E-state index contributed by atoms with van der Waals surface area (Å²) in [6.45, 7) is 3.80. The highest BCUT2D eigenvalue weighted by Crippen LogP contribution is 2.27. The van der Waals surface area contributed by atoms with Gasteiger partial charge in [-0.3, -0.25) is 10.00 Å². The summed E-state index contributed by atoms with van der Waals surface area (Å²) in [4.78, 5) is 0. The Balaban J connectivity index is 2.69. The van der Waals surface area contributed by atoms with Crippen LogP contribution in [0.3, 0.4) is 0 Å². The van der Waals surface area contributed by atoms with Gasteiger partial charge in [-0.1, -0.05) is 0 Å². The molecule has 94 valence electrons. The lowest BCUT2D eigenvalue weighted by Crippen LogP contribution is -2.37. The fourth-order valence-electron chi connectivity index (χ4n) is 1.33. The van der Waals surface area contributed by atoms with Crippen LogP contribution >= 0.6 is 0 Å². The minimum Gasteiger partial charge on any atom is -0.298 e. The molecule has 1 atom stereocenters. The summed E-state index contributed by atoms with van der Waals surface area (Å²) < 4.78 is 37.9. The van der Waals surface area contributed by atoms with Crippen LogP contribution in [0.15, 0.2) is 12.3 Å². The number of hydrogen-bond acceptors (Lipinski definition) is 3. The average molecular weight is 246 g/mol. The van der Waals surface area contributed by atoms with Crippen LogP contribution in [-0.2, 0) is 12.7 Å². The van der Waals surface area contributed by atoms with Gasteiger partial charge >= 0.3 is 6.18 Å². The Kier molecular flexibility index (Phi) is 4.12. The number of nitrogens with zero attached hydrogens (tertiary/aromatic N) is 3. The third-order valence-electron chi connectivity index (χ3n) is 1.99. The van der Waals surface area contributed by atoms with Crippen LogP contribution in [0.4, 0.5) is 13.2 Å². The van der Waals surface area contributed by atoms with Gasteiger partial charge in [-0.2, -0.15) is 23.5 Å². The van der Waals surface area contributed by atoms with Gasteiger partial charge in [0.05, 0.1) is 12.6 Å². The molecule has 0 bridgehead atoms. The molecule has 0 spiro atoms. The average Bonchev–Trinajstić information content (AvgIpc) is 2.63. The van der Waals surface area contributed by atoms with E-state index in [4.69, 9.17) is 5.26 Å². The van der Waals surface area contributed by atoms with Crippen molar-refractivity contribution in [1.29, 1.82) is 5.26 Å². The van der Waals surface area contributed by atoms with Crippen molar-refractivity contribution < 1.29 is 13.2 Å². The van der Waals surface area contributed by atoms with E-state index >= 15 is 0 Å². The minimum absolute atomic E-state index is 0.0808. The van der Waals surface area contributed by atoms with Crippen LogP contribution < -0.4 is 5.32 Å². The molecule has 17 heavy (non-hydrogen) atoms. The lowest BCUT2D eigenvalue weighted by molar-refractivity contribution is -0.141. The van der Waals surface area contributed by atoms with Crippen molar-refractivity contribution in [3.05, 3.63) is 18.0 Å². The predicted molar refractivity (Wildman–Crippen MR) is 54.9 cm³/mol. The zero-order chi connectivity index (χ0) is 13.1. The molecule has 1 unspecified atom stereocenters. The van der Waals surface area contributed by atoms with Crippen LogP contribution in [-0.4, -0.2) is 21.9 Å². The van der Waals surface area contributed by atoms with Gasteiger partial charge in [0, 0.05) is 12.2 Å². The van der Waals surface area contributed by atoms with Gasteiger partial charge in [-0.05, 0) is 19.9 Å². The van der Waals surface area contributed by atoms with E-state index in [9.17, 15) is 13.2 Å². The number of rotatable bonds is 4. The zero-order valence-corrected chi connectivity index (χ0v) is 9.49. The lowest BCUT2D eigenvalue weighted by atomic mass is 10.3. The molecule has 4 nitrogen and oxygen atoms in total. The Hall–Kier alpha value is -1.55. The number of alkyl halides is 3. The molecule has 0 saturated heterocycles. The largest absolute Gasteiger partial charge is 0.435 e. The summed E-state index contributed by atoms with van der Waals surface area (Å²) in [5.74, 6) is 0. The normalized spacial score (nSPS) is 13.7. The second-order valence-corrected chi connectivity index (χ2v) is 3.92. The Morgan fingerprint density at radius 1 is 1.53 bits per heavy atom. The monoisotopic (exact) mass is 246 g/mol. The van der Waals surface area contributed by atoms with E-state index in [1.54, 1.807) is 0 Å². The van der Waals surface area contributed by atoms with Gasteiger partial charge in [-0.25, -0.2) is 0 Å². The van der Waals surface area contributed by atoms with Gasteiger partial charge in [0.25, 0.3) is 0 Å². The van der Waals surface area contributed by atoms with Gasteiger partial charge in [0.2, 0.25) is 0 Å². The highest BCUT2D eigenvalue weighted by molar-refractivity contribution is 5.04. The van der Waals surface area contributed by atoms with Crippen molar-refractivity contribution in [1.82, 2.24) is 15.1 Å². The molecule has 1 aromatic heterocycles. The van der Waals surface area contributed by atoms with Crippen LogP contribution in [0.5, 0.6) is 0 Å². The summed E-state index contributed by atoms with van der Waals surface area (Å²) in [6, 6.07) is 2.39. The topological polar surface area (TPSA) is 53.6 Å². The van der Waals surface area contributed by atoms with E-state index in [2.05, 4.69) is 10.4 Å². The molecule has 7 heteroatoms. The van der Waals surface area contributed by atoms with E-state index in [1.807, 2.05) is 19.9 Å². The molecular formula is C10H13F3N4. The SMILES string of the molecule is CC(C)NC(C#N)Cn1ccc(C(F)(F)F)n1. The first kappa shape index (κ1) is 13.5. The fourth-order valence-corrected chi connectivity index (χ4v) is 1.33. The van der Waals surface area contributed by atoms with Crippen LogP contribution in [0, 0.1) is 11.3 Å². The van der Waals surface area contributed by atoms with Crippen molar-refractivity contribution in [2.75, 3.05) is 0 Å². The maximum Gasteiger partial charge on any atom is 0.435 e. The molecule has 1 rings (SSSR count). The number of halogens is 3. The molecule has 1 N–H and O–H groups in total. The van der Waals surface area contributed by atoms with Gasteiger partial charge in [0.15, 0.2) is 5.69 Å². The van der Waals surface area contributed by atoms with Gasteiger partial charge in [-0.15, -0.1) is 0 Å². The van der Waals surface area contributed by atoms with Crippen LogP contribution in [0.25, 0.3) is 0 Å². The van der Waals surface area contributed by atoms with Crippen LogP contribution in [0.2, 0.25) is 0 Å². The predicted octanol–water partition coefficient (Wildman–Crippen LogP) is 1.79. The molecule has 1 aromatic rings. The van der Waals surface area contributed by atoms with E-state index in [0.717, 1.165) is 10.7 Å². The maximum atomic E-state index is 12.3. The summed E-state index contributed by atoms with van der Waals surface area (Å²) in [6.07, 6.45) is -3.23. The maximum absolute atomic E-state index is 12.3. The van der Waals surface area contributed by atoms with Crippen LogP contribution in [0.1, 0.15) is 19.5 Å². The molecule has 0 radical (unpaired) electrons. The van der Waals surface area contributed by atoms with Gasteiger partial charge < -0.3 is 0 Å². The number of hydrogen-bond donors (Lipinski definition) is 1. The Bertz CT molecular complexity index is 402. The van der Waals surface area contributed by atoms with Crippen molar-refractivity contribution in [2.24, 2.45) is 0 Å². The second kappa shape index (κ2) is 5.19. The highest BCUT2D eigenvalue weighted by atomic mass is 19.4. The van der Waals surface area contributed by atoms with E-state index in [1.165, 1.54) is 6.20 Å². The second-order valence-electron chi connectivity index (χ2n) is 3.92. The lowest BCUT2D eigenvalue weighted by Gasteiger charge is -2.14. The molecule has 0 fully saturated rings. The van der Waals surface area contributed by atoms with E-state index in [-0.39, 0.29) is 12.6 Å². The fraction of sp³-hybridized carbons (Fsp3) is 0.600. The Morgan fingerprint density at radius 3 is 2.59 bits per heavy atom. The number of nitriles is 1. The Labute approximate surface area is 97.0 Å². The minimum atomic E-state index is -4.45. The van der Waals surface area contributed by atoms with E-state index in [0.29, 0.717) is 0 Å². The third-order valence-corrected chi connectivity index (χ3v) is 1.99. The third kappa shape index (κ3) is 4.07. The highest BCUT2D eigenvalue weighted by Gasteiger charge is 2.33. The van der Waals surface area contributed by atoms with E-state index < -0.39 is 17.9 Å².